The summed E-state index contributed by atoms with van der Waals surface area (Å²) in [5.41, 5.74) is 0. The minimum Gasteiger partial charge on any atom is -0.480 e. The molecule has 0 heterocycles. The van der Waals surface area contributed by atoms with Crippen LogP contribution in [0.5, 0.6) is 0 Å². The molecule has 202 valence electrons. The van der Waals surface area contributed by atoms with Crippen molar-refractivity contribution in [3.63, 3.8) is 0 Å². The van der Waals surface area contributed by atoms with E-state index < -0.39 is 43.6 Å². The Morgan fingerprint density at radius 1 is 0.714 bits per heavy atom. The van der Waals surface area contributed by atoms with Crippen LogP contribution in [0.25, 0.3) is 0 Å². The van der Waals surface area contributed by atoms with Crippen molar-refractivity contribution < 1.29 is 34.5 Å². The van der Waals surface area contributed by atoms with E-state index in [1.165, 1.54) is 38.5 Å². The summed E-state index contributed by atoms with van der Waals surface area (Å²) in [6.45, 7) is 0.501. The van der Waals surface area contributed by atoms with E-state index in [2.05, 4.69) is 24.4 Å². The van der Waals surface area contributed by atoms with Crippen molar-refractivity contribution in [3.8, 4) is 0 Å². The van der Waals surface area contributed by atoms with Gasteiger partial charge in [-0.15, -0.1) is 0 Å². The van der Waals surface area contributed by atoms with Gasteiger partial charge in [-0.1, -0.05) is 70.4 Å². The molecule has 0 bridgehead atoms. The Morgan fingerprint density at radius 3 is 1.69 bits per heavy atom. The number of nitrogens with zero attached hydrogens (tertiary/aromatic N) is 1. The molecule has 1 unspecified atom stereocenters. The number of allylic oxidation sites excluding steroid dienone is 2. The number of hydrogen-bond acceptors (Lipinski definition) is 6. The molecule has 0 saturated carbocycles. The van der Waals surface area contributed by atoms with Crippen molar-refractivity contribution in [1.29, 1.82) is 0 Å². The van der Waals surface area contributed by atoms with Crippen molar-refractivity contribution in [3.05, 3.63) is 12.2 Å². The van der Waals surface area contributed by atoms with Gasteiger partial charge in [0.1, 0.15) is 0 Å². The monoisotopic (exact) mass is 498 g/mol. The molecule has 0 saturated heterocycles. The van der Waals surface area contributed by atoms with Crippen LogP contribution in [0.4, 0.5) is 0 Å². The van der Waals surface area contributed by atoms with E-state index in [4.69, 9.17) is 15.3 Å². The third-order valence-corrected chi connectivity index (χ3v) is 5.79. The molecule has 0 fully saturated rings. The lowest BCUT2D eigenvalue weighted by molar-refractivity contribution is -0.144. The van der Waals surface area contributed by atoms with Gasteiger partial charge >= 0.3 is 17.9 Å². The zero-order valence-corrected chi connectivity index (χ0v) is 21.4. The highest BCUT2D eigenvalue weighted by Gasteiger charge is 2.28. The number of aliphatic carboxylic acids is 3. The predicted molar refractivity (Wildman–Crippen MR) is 136 cm³/mol. The smallest absolute Gasteiger partial charge is 0.317 e. The maximum absolute atomic E-state index is 12.7. The average molecular weight is 499 g/mol. The highest BCUT2D eigenvalue weighted by molar-refractivity contribution is 5.85. The van der Waals surface area contributed by atoms with E-state index in [1.54, 1.807) is 0 Å². The number of hydrogen-bond donors (Lipinski definition) is 4. The molecule has 35 heavy (non-hydrogen) atoms. The van der Waals surface area contributed by atoms with Gasteiger partial charge in [-0.05, 0) is 32.1 Å². The second kappa shape index (κ2) is 22.2. The number of Topliss-reactive ketones (excluding diaryl/α,β-unsaturated/α-hetero) is 1. The van der Waals surface area contributed by atoms with E-state index in [0.29, 0.717) is 6.42 Å². The lowest BCUT2D eigenvalue weighted by atomic mass is 10.0. The number of carbonyl (C=O) groups is 4. The Labute approximate surface area is 210 Å². The van der Waals surface area contributed by atoms with Crippen molar-refractivity contribution in [2.45, 2.75) is 103 Å². The first-order valence-corrected chi connectivity index (χ1v) is 13.1. The summed E-state index contributed by atoms with van der Waals surface area (Å²) in [6, 6.07) is -1.00. The van der Waals surface area contributed by atoms with Crippen LogP contribution >= 0.6 is 0 Å². The highest BCUT2D eigenvalue weighted by Crippen LogP contribution is 2.12. The number of carbonyl (C=O) groups excluding carboxylic acids is 1. The summed E-state index contributed by atoms with van der Waals surface area (Å²) in [6.07, 6.45) is 19.5. The van der Waals surface area contributed by atoms with E-state index in [1.807, 2.05) is 0 Å². The third-order valence-electron chi connectivity index (χ3n) is 5.79. The number of nitrogens with one attached hydrogen (secondary N) is 1. The van der Waals surface area contributed by atoms with E-state index >= 15 is 0 Å². The Morgan fingerprint density at radius 2 is 1.20 bits per heavy atom. The lowest BCUT2D eigenvalue weighted by Gasteiger charge is -2.28. The van der Waals surface area contributed by atoms with Crippen LogP contribution in [0.15, 0.2) is 12.2 Å². The minimum atomic E-state index is -1.25. The molecular formula is C26H46N2O7. The van der Waals surface area contributed by atoms with Gasteiger partial charge in [0.2, 0.25) is 0 Å². The van der Waals surface area contributed by atoms with E-state index in [-0.39, 0.29) is 18.7 Å². The summed E-state index contributed by atoms with van der Waals surface area (Å²) in [5, 5.41) is 29.6. The summed E-state index contributed by atoms with van der Waals surface area (Å²) >= 11 is 0. The normalized spacial score (nSPS) is 12.3. The fraction of sp³-hybridized carbons (Fsp3) is 0.769. The Hall–Kier alpha value is -2.26. The van der Waals surface area contributed by atoms with Gasteiger partial charge in [-0.25, -0.2) is 0 Å². The molecule has 1 atom stereocenters. The zero-order chi connectivity index (χ0) is 26.3. The molecule has 0 aliphatic carbocycles. The molecule has 0 aromatic carbocycles. The molecule has 0 aliphatic rings. The van der Waals surface area contributed by atoms with Crippen LogP contribution in [0.2, 0.25) is 0 Å². The van der Waals surface area contributed by atoms with Crippen LogP contribution in [0.1, 0.15) is 96.8 Å². The Balaban J connectivity index is 4.23. The first kappa shape index (κ1) is 32.7. The van der Waals surface area contributed by atoms with Crippen LogP contribution in [-0.4, -0.2) is 76.1 Å². The van der Waals surface area contributed by atoms with Crippen molar-refractivity contribution >= 4 is 23.7 Å². The van der Waals surface area contributed by atoms with Crippen LogP contribution in [0, 0.1) is 0 Å². The summed E-state index contributed by atoms with van der Waals surface area (Å²) < 4.78 is 0. The first-order valence-electron chi connectivity index (χ1n) is 13.1. The Bertz CT molecular complexity index is 621. The zero-order valence-electron chi connectivity index (χ0n) is 21.4. The predicted octanol–water partition coefficient (Wildman–Crippen LogP) is 4.11. The van der Waals surface area contributed by atoms with Gasteiger partial charge < -0.3 is 20.6 Å². The molecular weight excluding hydrogens is 452 g/mol. The number of carboxylic acid groups (broad SMARTS) is 3. The molecule has 0 aliphatic heterocycles. The summed E-state index contributed by atoms with van der Waals surface area (Å²) in [7, 11) is 0. The van der Waals surface area contributed by atoms with Crippen LogP contribution < -0.4 is 5.32 Å². The first-order chi connectivity index (χ1) is 16.8. The highest BCUT2D eigenvalue weighted by atomic mass is 16.4. The minimum absolute atomic E-state index is 0.114. The second-order valence-corrected chi connectivity index (χ2v) is 9.03. The SMILES string of the molecule is CCCCCCCCC=CCCCCCCCC(=O)C(CNCC(=O)O)N(CC(=O)O)CC(=O)O. The summed E-state index contributed by atoms with van der Waals surface area (Å²) in [4.78, 5) is 46.8. The fourth-order valence-corrected chi connectivity index (χ4v) is 3.92. The van der Waals surface area contributed by atoms with Gasteiger partial charge in [-0.3, -0.25) is 24.1 Å². The second-order valence-electron chi connectivity index (χ2n) is 9.03. The molecule has 9 nitrogen and oxygen atoms in total. The topological polar surface area (TPSA) is 144 Å². The quantitative estimate of drug-likeness (QED) is 0.108. The maximum atomic E-state index is 12.7. The summed E-state index contributed by atoms with van der Waals surface area (Å²) in [5.74, 6) is -3.88. The van der Waals surface area contributed by atoms with Gasteiger partial charge in [0, 0.05) is 13.0 Å². The van der Waals surface area contributed by atoms with Crippen LogP contribution in [-0.2, 0) is 19.2 Å². The molecule has 0 amide bonds. The third kappa shape index (κ3) is 20.8. The van der Waals surface area contributed by atoms with Gasteiger partial charge in [-0.2, -0.15) is 0 Å². The van der Waals surface area contributed by atoms with Gasteiger partial charge in [0.15, 0.2) is 5.78 Å². The van der Waals surface area contributed by atoms with Crippen molar-refractivity contribution in [1.82, 2.24) is 10.2 Å². The Kier molecular flexibility index (Phi) is 20.8. The van der Waals surface area contributed by atoms with Crippen molar-refractivity contribution in [2.75, 3.05) is 26.2 Å². The number of ketones is 1. The largest absolute Gasteiger partial charge is 0.480 e. The van der Waals surface area contributed by atoms with Gasteiger partial charge in [0.25, 0.3) is 0 Å². The maximum Gasteiger partial charge on any atom is 0.317 e. The van der Waals surface area contributed by atoms with Gasteiger partial charge in [0.05, 0.1) is 25.7 Å². The fourth-order valence-electron chi connectivity index (χ4n) is 3.92. The molecule has 0 aromatic rings. The average Bonchev–Trinajstić information content (AvgIpc) is 2.78. The molecule has 4 N–H and O–H groups in total. The van der Waals surface area contributed by atoms with Crippen LogP contribution in [0.3, 0.4) is 0 Å². The number of rotatable bonds is 25. The van der Waals surface area contributed by atoms with E-state index in [0.717, 1.165) is 43.4 Å². The molecule has 0 aromatic heterocycles. The van der Waals surface area contributed by atoms with Crippen molar-refractivity contribution in [2.24, 2.45) is 0 Å². The molecule has 0 spiro atoms. The molecule has 0 rings (SSSR count). The standard InChI is InChI=1S/C26H46N2O7/c1-2-3-4-5-6-7-8-9-10-11-12-13-14-15-16-17-23(29)22(18-27-19-24(30)31)28(20-25(32)33)21-26(34)35/h9-10,22,27H,2-8,11-21H2,1H3,(H,30,31)(H,32,33)(H,34,35). The lowest BCUT2D eigenvalue weighted by Crippen LogP contribution is -2.51. The molecule has 9 heteroatoms. The molecule has 0 radical (unpaired) electrons. The number of unbranched alkanes of at least 4 members (excludes halogenated alkanes) is 11. The van der Waals surface area contributed by atoms with E-state index in [9.17, 15) is 19.2 Å². The number of carboxylic acids is 3.